The van der Waals surface area contributed by atoms with Crippen molar-refractivity contribution in [3.63, 3.8) is 0 Å². The van der Waals surface area contributed by atoms with Gasteiger partial charge in [-0.15, -0.1) is 0 Å². The van der Waals surface area contributed by atoms with Gasteiger partial charge in [-0.1, -0.05) is 223 Å². The van der Waals surface area contributed by atoms with E-state index in [-0.39, 0.29) is 71.3 Å². The van der Waals surface area contributed by atoms with Gasteiger partial charge in [0, 0.05) is 23.3 Å². The van der Waals surface area contributed by atoms with Crippen molar-refractivity contribution in [2.24, 2.45) is 0 Å². The number of esters is 4. The first-order valence-corrected chi connectivity index (χ1v) is 53.8. The Morgan fingerprint density at radius 2 is 0.448 bits per heavy atom. The molecule has 22 nitrogen and oxygen atoms in total. The zero-order chi connectivity index (χ0) is 109. The van der Waals surface area contributed by atoms with Crippen molar-refractivity contribution in [1.82, 2.24) is 0 Å². The first-order valence-electron chi connectivity index (χ1n) is 43.2. The van der Waals surface area contributed by atoms with Crippen molar-refractivity contribution < 1.29 is 135 Å². The smallest absolute Gasteiger partial charge is 0.367 e. The fraction of sp³-hybridized carbons (Fsp3) is 0.215. The van der Waals surface area contributed by atoms with Crippen LogP contribution in [0.1, 0.15) is 87.3 Å². The van der Waals surface area contributed by atoms with Gasteiger partial charge in [0.05, 0.1) is 43.6 Å². The van der Waals surface area contributed by atoms with Crippen LogP contribution in [-0.2, 0) is 128 Å². The van der Waals surface area contributed by atoms with E-state index >= 15 is 0 Å². The van der Waals surface area contributed by atoms with E-state index in [4.69, 9.17) is 9.47 Å². The zero-order valence-electron chi connectivity index (χ0n) is 80.9. The molecule has 0 radical (unpaired) electrons. The van der Waals surface area contributed by atoms with E-state index in [0.717, 1.165) is 11.5 Å². The number of benzene rings is 12. The highest BCUT2D eigenvalue weighted by Crippen LogP contribution is 2.38. The molecule has 0 amide bonds. The van der Waals surface area contributed by atoms with E-state index in [1.807, 2.05) is 0 Å². The number of carbonyl (C=O) groups excluding carboxylic acids is 4. The quantitative estimate of drug-likeness (QED) is 0.0101. The van der Waals surface area contributed by atoms with Gasteiger partial charge in [-0.2, -0.15) is 35.1 Å². The molecule has 0 unspecified atom stereocenters. The number of rotatable bonds is 30. The molecule has 12 aromatic carbocycles. The van der Waals surface area contributed by atoms with Crippen molar-refractivity contribution in [2.75, 3.05) is 26.4 Å². The number of halogens is 8. The third-order valence-electron chi connectivity index (χ3n) is 18.0. The maximum Gasteiger partial charge on any atom is 0.367 e. The molecule has 38 heteroatoms. The summed E-state index contributed by atoms with van der Waals surface area (Å²) in [4.78, 5) is 57.7. The monoisotopic (exact) mass is 2150 g/mol. The van der Waals surface area contributed by atoms with Gasteiger partial charge in [-0.05, 0) is 243 Å². The van der Waals surface area contributed by atoms with E-state index < -0.39 is 112 Å². The minimum absolute atomic E-state index is 0.0229. The molecule has 0 aliphatic carbocycles. The van der Waals surface area contributed by atoms with Crippen molar-refractivity contribution >= 4 is 108 Å². The lowest BCUT2D eigenvalue weighted by molar-refractivity contribution is -0.145. The van der Waals surface area contributed by atoms with Crippen LogP contribution in [0.2, 0.25) is 0 Å². The summed E-state index contributed by atoms with van der Waals surface area (Å²) in [6.07, 6.45) is 1.13. The summed E-state index contributed by atoms with van der Waals surface area (Å²) in [7, 11) is -23.5. The fourth-order valence-corrected chi connectivity index (χ4v) is 20.3. The molecule has 0 heterocycles. The topological polar surface area (TPSA) is 352 Å². The molecule has 0 saturated heterocycles. The number of hydrogen-bond donors (Lipinski definition) is 0. The Morgan fingerprint density at radius 3 is 0.607 bits per heavy atom. The number of ether oxygens (including phenoxy) is 6. The minimum atomic E-state index is -5.81. The Bertz CT molecular complexity index is 6180. The van der Waals surface area contributed by atoms with Crippen molar-refractivity contribution in [2.45, 2.75) is 179 Å². The Morgan fingerprint density at radius 1 is 0.283 bits per heavy atom. The first kappa shape index (κ1) is 123. The Hall–Kier alpha value is -12.4. The van der Waals surface area contributed by atoms with Gasteiger partial charge in [0.15, 0.2) is 126 Å². The SMILES string of the molecule is C=C(C)C(=O)OCC(F)(F)S(=O)(=O)[O-].C=C(C)C(=O)OCC(F)(F)S(=O)(=O)[O-].C=CC(=O)OCC(F)(F)S(=O)(=O)[O-].C=CC(=O)OCC(F)(F)S(=O)(=O)[O-].CC(C)(C)Oc1ccc([S+](c2ccccc2)c2ccccc2)cc1.CC(C)(C)Oc1ccc([S+](c2ccccc2)c2ccccc2)cc1.CC(C)(C)c1ccc([S+](c2ccccc2)c2ccccc2)cc1.Cc1ccc([S+](c2ccccc2)c2ccccc2)cc1. The summed E-state index contributed by atoms with van der Waals surface area (Å²) in [6.45, 7) is 28.4. The van der Waals surface area contributed by atoms with Crippen LogP contribution in [0.3, 0.4) is 0 Å². The third-order valence-corrected chi connectivity index (χ3v) is 30.3. The third kappa shape index (κ3) is 42.6. The predicted octanol–water partition coefficient (Wildman–Crippen LogP) is 23.3. The van der Waals surface area contributed by atoms with E-state index in [0.29, 0.717) is 12.2 Å². The van der Waals surface area contributed by atoms with Crippen molar-refractivity contribution in [1.29, 1.82) is 0 Å². The molecule has 12 rings (SSSR count). The van der Waals surface area contributed by atoms with Gasteiger partial charge >= 0.3 is 44.9 Å². The second kappa shape index (κ2) is 56.3. The van der Waals surface area contributed by atoms with Crippen LogP contribution in [0.5, 0.6) is 11.5 Å². The number of alkyl halides is 8. The molecule has 0 saturated carbocycles. The highest BCUT2D eigenvalue weighted by molar-refractivity contribution is 7.98. The summed E-state index contributed by atoms with van der Waals surface area (Å²) in [6, 6.07) is 121. The summed E-state index contributed by atoms with van der Waals surface area (Å²) >= 11 is 0. The van der Waals surface area contributed by atoms with Crippen LogP contribution in [0.15, 0.2) is 448 Å². The average Bonchev–Trinajstić information content (AvgIpc) is 0.800. The molecule has 12 aromatic rings. The van der Waals surface area contributed by atoms with E-state index in [1.165, 1.54) is 83.7 Å². The van der Waals surface area contributed by atoms with Gasteiger partial charge < -0.3 is 46.6 Å². The Kier molecular flexibility index (Phi) is 47.8. The highest BCUT2D eigenvalue weighted by atomic mass is 32.2. The largest absolute Gasteiger partial charge is 0.743 e. The maximum atomic E-state index is 12.3. The van der Waals surface area contributed by atoms with Crippen LogP contribution >= 0.6 is 0 Å². The second-order valence-electron chi connectivity index (χ2n) is 33.4. The van der Waals surface area contributed by atoms with E-state index in [9.17, 15) is 106 Å². The van der Waals surface area contributed by atoms with Crippen molar-refractivity contribution in [3.8, 4) is 11.5 Å². The van der Waals surface area contributed by atoms with Gasteiger partial charge in [-0.3, -0.25) is 0 Å². The molecule has 0 spiro atoms. The zero-order valence-corrected chi connectivity index (χ0v) is 87.4. The summed E-state index contributed by atoms with van der Waals surface area (Å²) in [5.74, 6) is -3.01. The molecule has 0 aliphatic rings. The lowest BCUT2D eigenvalue weighted by Gasteiger charge is -2.21. The molecule has 0 aliphatic heterocycles. The number of carbonyl (C=O) groups is 4. The second-order valence-corrected chi connectivity index (χ2v) is 47.5. The van der Waals surface area contributed by atoms with E-state index in [2.05, 4.69) is 454 Å². The fourth-order valence-electron chi connectivity index (χ4n) is 11.1. The Labute approximate surface area is 854 Å². The van der Waals surface area contributed by atoms with Crippen LogP contribution < -0.4 is 9.47 Å². The minimum Gasteiger partial charge on any atom is -0.743 e. The van der Waals surface area contributed by atoms with E-state index in [1.54, 1.807) is 0 Å². The molecule has 0 fully saturated rings. The molecular weight excluding hydrogens is 2050 g/mol. The maximum absolute atomic E-state index is 12.3. The van der Waals surface area contributed by atoms with Gasteiger partial charge in [-0.25, -0.2) is 52.8 Å². The van der Waals surface area contributed by atoms with Crippen molar-refractivity contribution in [3.05, 3.63) is 400 Å². The predicted molar refractivity (Wildman–Crippen MR) is 543 cm³/mol. The van der Waals surface area contributed by atoms with Crippen LogP contribution in [0, 0.1) is 6.92 Å². The lowest BCUT2D eigenvalue weighted by atomic mass is 9.87. The summed E-state index contributed by atoms with van der Waals surface area (Å²) in [5, 5.41) is -18.4. The molecule has 0 bridgehead atoms. The van der Waals surface area contributed by atoms with Crippen LogP contribution in [0.25, 0.3) is 0 Å². The van der Waals surface area contributed by atoms with Gasteiger partial charge in [0.25, 0.3) is 0 Å². The molecule has 0 atom stereocenters. The lowest BCUT2D eigenvalue weighted by Crippen LogP contribution is -2.34. The summed E-state index contributed by atoms with van der Waals surface area (Å²) in [5.41, 5.74) is 2.17. The normalized spacial score (nSPS) is 11.7. The molecule has 0 aromatic heterocycles. The molecule has 0 N–H and O–H groups in total. The first-order chi connectivity index (χ1) is 67.5. The summed E-state index contributed by atoms with van der Waals surface area (Å²) < 4.78 is 244. The van der Waals surface area contributed by atoms with Gasteiger partial charge in [0.2, 0.25) is 0 Å². The highest BCUT2D eigenvalue weighted by Gasteiger charge is 2.43. The standard InChI is InChI=1S/2C22H23OS.C22H23S.C19H17S.2C6H8F2O5S.2C5H6F2O5S/c2*1-22(2,3)23-18-14-16-21(17-15-18)24(19-10-6-4-7-11-19)20-12-8-5-9-13-20;1-22(2,3)18-14-16-21(17-15-18)23(19-10-6-4-7-11-19)20-12-8-5-9-13-20;1-16-12-14-19(15-13-16)20(17-8-4-2-5-9-17)18-10-6-3-7-11-18;2*1-4(2)5(9)13-3-6(7,8)14(10,11)12;2*1-2-4(8)12-3-5(6,7)13(9,10)11/h2*4-17H,1-3H3;4-17H,1-3H3;2-15H,1H3;2*1,3H2,2H3,(H,10,11,12);2*2H,1,3H2,(H,9,10,11)/q4*+1;;;;/p-4. The number of hydrogen-bond acceptors (Lipinski definition) is 22. The van der Waals surface area contributed by atoms with Crippen LogP contribution in [0.4, 0.5) is 35.1 Å². The molecule has 145 heavy (non-hydrogen) atoms. The molecular formula is C107H110F8O22S8. The van der Waals surface area contributed by atoms with Gasteiger partial charge in [0.1, 0.15) is 22.7 Å². The molecule has 774 valence electrons. The van der Waals surface area contributed by atoms with Crippen LogP contribution in [-0.4, -0.2) is 134 Å². The number of aryl methyl sites for hydroxylation is 1. The average molecular weight is 2160 g/mol. The Balaban J connectivity index is 0.000000296.